The van der Waals surface area contributed by atoms with Crippen molar-refractivity contribution in [1.29, 1.82) is 0 Å². The molecule has 0 aromatic heterocycles. The van der Waals surface area contributed by atoms with Crippen molar-refractivity contribution in [1.82, 2.24) is 5.32 Å². The molecule has 0 aliphatic heterocycles. The van der Waals surface area contributed by atoms with Gasteiger partial charge in [0.05, 0.1) is 0 Å². The average molecular weight is 387 g/mol. The molecule has 2 N–H and O–H groups in total. The maximum absolute atomic E-state index is 12.5. The normalized spacial score (nSPS) is 14.8. The van der Waals surface area contributed by atoms with Crippen LogP contribution in [0.1, 0.15) is 24.0 Å². The Balaban J connectivity index is 1.62. The molecular formula is C19H19BrN2O2. The first-order valence-corrected chi connectivity index (χ1v) is 8.70. The molecule has 2 aromatic carbocycles. The molecule has 0 bridgehead atoms. The number of nitrogens with one attached hydrogen (secondary N) is 2. The van der Waals surface area contributed by atoms with Crippen LogP contribution in [0.2, 0.25) is 0 Å². The number of amides is 2. The number of hydrogen-bond donors (Lipinski definition) is 2. The van der Waals surface area contributed by atoms with E-state index in [0.717, 1.165) is 15.6 Å². The van der Waals surface area contributed by atoms with E-state index < -0.39 is 5.41 Å². The molecule has 0 atom stereocenters. The van der Waals surface area contributed by atoms with Crippen molar-refractivity contribution in [3.05, 3.63) is 64.1 Å². The number of carbonyl (C=O) groups excluding carboxylic acids is 2. The molecule has 0 saturated heterocycles. The van der Waals surface area contributed by atoms with Crippen LogP contribution in [0.25, 0.3) is 0 Å². The van der Waals surface area contributed by atoms with Crippen LogP contribution in [-0.4, -0.2) is 11.8 Å². The van der Waals surface area contributed by atoms with Crippen molar-refractivity contribution in [3.8, 4) is 0 Å². The molecule has 0 heterocycles. The van der Waals surface area contributed by atoms with Gasteiger partial charge in [-0.3, -0.25) is 9.59 Å². The summed E-state index contributed by atoms with van der Waals surface area (Å²) < 4.78 is 0.942. The summed E-state index contributed by atoms with van der Waals surface area (Å²) in [5.74, 6) is -0.424. The van der Waals surface area contributed by atoms with Gasteiger partial charge >= 0.3 is 0 Å². The van der Waals surface area contributed by atoms with Gasteiger partial charge in [0.25, 0.3) is 0 Å². The van der Waals surface area contributed by atoms with Crippen molar-refractivity contribution in [2.75, 3.05) is 5.32 Å². The fourth-order valence-electron chi connectivity index (χ4n) is 2.62. The summed E-state index contributed by atoms with van der Waals surface area (Å²) in [7, 11) is 0. The molecular weight excluding hydrogens is 368 g/mol. The van der Waals surface area contributed by atoms with Crippen molar-refractivity contribution >= 4 is 33.4 Å². The highest BCUT2D eigenvalue weighted by atomic mass is 79.9. The molecule has 0 unspecified atom stereocenters. The van der Waals surface area contributed by atoms with Gasteiger partial charge < -0.3 is 10.6 Å². The Labute approximate surface area is 149 Å². The van der Waals surface area contributed by atoms with Gasteiger partial charge in [-0.05, 0) is 55.2 Å². The van der Waals surface area contributed by atoms with E-state index in [0.29, 0.717) is 25.1 Å². The summed E-state index contributed by atoms with van der Waals surface area (Å²) in [6.45, 7) is 2.45. The summed E-state index contributed by atoms with van der Waals surface area (Å²) in [4.78, 5) is 25.0. The van der Waals surface area contributed by atoms with Gasteiger partial charge in [-0.15, -0.1) is 0 Å². The maximum Gasteiger partial charge on any atom is 0.240 e. The quantitative estimate of drug-likeness (QED) is 0.767. The van der Waals surface area contributed by atoms with Crippen molar-refractivity contribution in [2.24, 2.45) is 5.41 Å². The average Bonchev–Trinajstić information content (AvgIpc) is 3.38. The molecule has 1 fully saturated rings. The Bertz CT molecular complexity index is 767. The van der Waals surface area contributed by atoms with Crippen LogP contribution in [0, 0.1) is 12.3 Å². The minimum Gasteiger partial charge on any atom is -0.351 e. The number of hydrogen-bond acceptors (Lipinski definition) is 2. The lowest BCUT2D eigenvalue weighted by atomic mass is 10.0. The maximum atomic E-state index is 12.5. The predicted molar refractivity (Wildman–Crippen MR) is 97.5 cm³/mol. The van der Waals surface area contributed by atoms with Crippen LogP contribution in [0.3, 0.4) is 0 Å². The summed E-state index contributed by atoms with van der Waals surface area (Å²) in [6.07, 6.45) is 1.18. The number of benzene rings is 2. The van der Waals surface area contributed by atoms with Gasteiger partial charge in [-0.25, -0.2) is 0 Å². The lowest BCUT2D eigenvalue weighted by Gasteiger charge is -2.16. The molecule has 0 spiro atoms. The van der Waals surface area contributed by atoms with Gasteiger partial charge in [0.15, 0.2) is 0 Å². The molecule has 1 aliphatic carbocycles. The van der Waals surface area contributed by atoms with E-state index in [1.807, 2.05) is 55.5 Å². The first-order chi connectivity index (χ1) is 11.5. The van der Waals surface area contributed by atoms with Gasteiger partial charge in [0, 0.05) is 16.7 Å². The summed E-state index contributed by atoms with van der Waals surface area (Å²) >= 11 is 3.36. The fraction of sp³-hybridized carbons (Fsp3) is 0.263. The van der Waals surface area contributed by atoms with Crippen molar-refractivity contribution in [3.63, 3.8) is 0 Å². The van der Waals surface area contributed by atoms with E-state index in [4.69, 9.17) is 0 Å². The fourth-order valence-corrected chi connectivity index (χ4v) is 2.88. The molecule has 2 aromatic rings. The predicted octanol–water partition coefficient (Wildman–Crippen LogP) is 3.79. The zero-order valence-electron chi connectivity index (χ0n) is 13.4. The monoisotopic (exact) mass is 386 g/mol. The largest absolute Gasteiger partial charge is 0.351 e. The van der Waals surface area contributed by atoms with Gasteiger partial charge in [0.1, 0.15) is 5.41 Å². The van der Waals surface area contributed by atoms with E-state index >= 15 is 0 Å². The standard InChI is InChI=1S/C19H19BrN2O2/c1-13-4-2-3-5-14(13)12-21-17(23)19(10-11-19)18(24)22-16-8-6-15(20)7-9-16/h2-9H,10-12H2,1H3,(H,21,23)(H,22,24). The number of aryl methyl sites for hydroxylation is 1. The molecule has 1 saturated carbocycles. The van der Waals surface area contributed by atoms with Crippen LogP contribution >= 0.6 is 15.9 Å². The smallest absolute Gasteiger partial charge is 0.240 e. The number of halogens is 1. The minimum atomic E-state index is -0.921. The molecule has 4 nitrogen and oxygen atoms in total. The first kappa shape index (κ1) is 16.7. The first-order valence-electron chi connectivity index (χ1n) is 7.91. The Morgan fingerprint density at radius 3 is 2.33 bits per heavy atom. The number of carbonyl (C=O) groups is 2. The highest BCUT2D eigenvalue weighted by Gasteiger charge is 2.56. The zero-order valence-corrected chi connectivity index (χ0v) is 15.0. The molecule has 24 heavy (non-hydrogen) atoms. The second-order valence-electron chi connectivity index (χ2n) is 6.15. The van der Waals surface area contributed by atoms with E-state index in [2.05, 4.69) is 26.6 Å². The van der Waals surface area contributed by atoms with Crippen LogP contribution in [-0.2, 0) is 16.1 Å². The highest BCUT2D eigenvalue weighted by molar-refractivity contribution is 9.10. The van der Waals surface area contributed by atoms with Gasteiger partial charge in [-0.1, -0.05) is 40.2 Å². The second kappa shape index (κ2) is 6.77. The Morgan fingerprint density at radius 1 is 1.04 bits per heavy atom. The molecule has 124 valence electrons. The molecule has 5 heteroatoms. The van der Waals surface area contributed by atoms with Crippen LogP contribution in [0.4, 0.5) is 5.69 Å². The summed E-state index contributed by atoms with van der Waals surface area (Å²) in [5.41, 5.74) is 1.97. The third-order valence-electron chi connectivity index (χ3n) is 4.42. The van der Waals surface area contributed by atoms with Crippen LogP contribution in [0.5, 0.6) is 0 Å². The molecule has 0 radical (unpaired) electrons. The highest BCUT2D eigenvalue weighted by Crippen LogP contribution is 2.47. The van der Waals surface area contributed by atoms with Crippen LogP contribution < -0.4 is 10.6 Å². The van der Waals surface area contributed by atoms with E-state index in [9.17, 15) is 9.59 Å². The lowest BCUT2D eigenvalue weighted by Crippen LogP contribution is -2.39. The Kier molecular flexibility index (Phi) is 4.71. The third-order valence-corrected chi connectivity index (χ3v) is 4.95. The SMILES string of the molecule is Cc1ccccc1CNC(=O)C1(C(=O)Nc2ccc(Br)cc2)CC1. The summed E-state index contributed by atoms with van der Waals surface area (Å²) in [6, 6.07) is 15.2. The third kappa shape index (κ3) is 3.51. The van der Waals surface area contributed by atoms with Gasteiger partial charge in [-0.2, -0.15) is 0 Å². The van der Waals surface area contributed by atoms with E-state index in [1.54, 1.807) is 0 Å². The molecule has 2 amide bonds. The topological polar surface area (TPSA) is 58.2 Å². The lowest BCUT2D eigenvalue weighted by molar-refractivity contribution is -0.134. The molecule has 1 aliphatic rings. The number of rotatable bonds is 5. The minimum absolute atomic E-state index is 0.194. The van der Waals surface area contributed by atoms with Crippen LogP contribution in [0.15, 0.2) is 53.0 Å². The van der Waals surface area contributed by atoms with E-state index in [1.165, 1.54) is 0 Å². The second-order valence-corrected chi connectivity index (χ2v) is 7.07. The Morgan fingerprint density at radius 2 is 1.71 bits per heavy atom. The van der Waals surface area contributed by atoms with Gasteiger partial charge in [0.2, 0.25) is 11.8 Å². The Hall–Kier alpha value is -2.14. The molecule has 3 rings (SSSR count). The van der Waals surface area contributed by atoms with Crippen molar-refractivity contribution in [2.45, 2.75) is 26.3 Å². The zero-order chi connectivity index (χ0) is 17.2. The van der Waals surface area contributed by atoms with Crippen molar-refractivity contribution < 1.29 is 9.59 Å². The number of anilines is 1. The summed E-state index contributed by atoms with van der Waals surface area (Å²) in [5, 5.41) is 5.75. The van der Waals surface area contributed by atoms with E-state index in [-0.39, 0.29) is 11.8 Å².